The number of fused-ring (bicyclic) bond motifs is 1. The summed E-state index contributed by atoms with van der Waals surface area (Å²) in [6.07, 6.45) is -2.38. The van der Waals surface area contributed by atoms with Gasteiger partial charge in [0.15, 0.2) is 10.8 Å². The van der Waals surface area contributed by atoms with Crippen LogP contribution >= 0.6 is 11.3 Å². The fourth-order valence-corrected chi connectivity index (χ4v) is 3.23. The number of hydrogen-bond acceptors (Lipinski definition) is 4. The summed E-state index contributed by atoms with van der Waals surface area (Å²) in [6.45, 7) is 0.339. The average molecular weight is 355 g/mol. The van der Waals surface area contributed by atoms with E-state index in [0.717, 1.165) is 16.5 Å². The number of halogens is 3. The molecule has 0 fully saturated rings. The predicted octanol–water partition coefficient (Wildman–Crippen LogP) is 4.00. The van der Waals surface area contributed by atoms with Crippen molar-refractivity contribution in [2.75, 3.05) is 11.9 Å². The lowest BCUT2D eigenvalue weighted by Gasteiger charge is -2.03. The number of para-hydroxylation sites is 1. The maximum atomic E-state index is 12.8. The average Bonchev–Trinajstić information content (AvgIpc) is 3.12. The largest absolute Gasteiger partial charge is 0.477 e. The Labute approximate surface area is 138 Å². The minimum absolute atomic E-state index is 0.0560. The number of benzene rings is 1. The molecule has 3 rings (SSSR count). The van der Waals surface area contributed by atoms with Gasteiger partial charge < -0.3 is 15.4 Å². The van der Waals surface area contributed by atoms with Gasteiger partial charge in [-0.2, -0.15) is 13.2 Å². The second kappa shape index (κ2) is 6.16. The lowest BCUT2D eigenvalue weighted by Crippen LogP contribution is -2.11. The molecule has 0 atom stereocenters. The van der Waals surface area contributed by atoms with Crippen LogP contribution in [0.1, 0.15) is 20.9 Å². The summed E-state index contributed by atoms with van der Waals surface area (Å²) in [5.41, 5.74) is 0.632. The summed E-state index contributed by atoms with van der Waals surface area (Å²) in [6, 6.07) is 7.70. The Bertz CT molecular complexity index is 886. The van der Waals surface area contributed by atoms with E-state index < -0.39 is 22.7 Å². The number of H-pyrrole nitrogens is 1. The van der Waals surface area contributed by atoms with Gasteiger partial charge >= 0.3 is 12.1 Å². The third-order valence-corrected chi connectivity index (χ3v) is 4.44. The van der Waals surface area contributed by atoms with Crippen molar-refractivity contribution < 1.29 is 23.1 Å². The first-order chi connectivity index (χ1) is 11.4. The summed E-state index contributed by atoms with van der Waals surface area (Å²) in [5.74, 6) is -1.63. The van der Waals surface area contributed by atoms with Crippen LogP contribution in [-0.4, -0.2) is 27.6 Å². The number of carbonyl (C=O) groups is 1. The van der Waals surface area contributed by atoms with Crippen molar-refractivity contribution >= 4 is 33.3 Å². The Morgan fingerprint density at radius 1 is 1.33 bits per heavy atom. The predicted molar refractivity (Wildman–Crippen MR) is 84.6 cm³/mol. The molecule has 1 aromatic carbocycles. The number of carboxylic acids is 1. The van der Waals surface area contributed by atoms with E-state index in [0.29, 0.717) is 24.3 Å². The van der Waals surface area contributed by atoms with Crippen LogP contribution in [0.5, 0.6) is 0 Å². The zero-order chi connectivity index (χ0) is 17.3. The van der Waals surface area contributed by atoms with Crippen LogP contribution in [-0.2, 0) is 12.6 Å². The summed E-state index contributed by atoms with van der Waals surface area (Å²) >= 11 is 0.486. The van der Waals surface area contributed by atoms with Crippen LogP contribution in [0.25, 0.3) is 10.9 Å². The number of alkyl halides is 3. The number of anilines is 1. The van der Waals surface area contributed by atoms with Crippen molar-refractivity contribution in [1.29, 1.82) is 0 Å². The molecule has 3 aromatic rings. The van der Waals surface area contributed by atoms with Gasteiger partial charge in [0.25, 0.3) is 0 Å². The maximum Gasteiger partial charge on any atom is 0.435 e. The van der Waals surface area contributed by atoms with Gasteiger partial charge in [-0.3, -0.25) is 0 Å². The summed E-state index contributed by atoms with van der Waals surface area (Å²) in [4.78, 5) is 16.6. The molecule has 2 aromatic heterocycles. The molecule has 3 N–H and O–H groups in total. The molecule has 0 aliphatic carbocycles. The number of carboxylic acid groups (broad SMARTS) is 1. The van der Waals surface area contributed by atoms with E-state index in [1.165, 1.54) is 0 Å². The van der Waals surface area contributed by atoms with Crippen LogP contribution in [0.15, 0.2) is 30.5 Å². The molecule has 24 heavy (non-hydrogen) atoms. The highest BCUT2D eigenvalue weighted by Crippen LogP contribution is 2.36. The Morgan fingerprint density at radius 3 is 2.75 bits per heavy atom. The second-order valence-corrected chi connectivity index (χ2v) is 6.04. The summed E-state index contributed by atoms with van der Waals surface area (Å²) in [7, 11) is 0. The Hall–Kier alpha value is -2.55. The van der Waals surface area contributed by atoms with Crippen molar-refractivity contribution in [3.63, 3.8) is 0 Å². The molecule has 0 spiro atoms. The number of thiazole rings is 1. The van der Waals surface area contributed by atoms with Gasteiger partial charge in [0.1, 0.15) is 4.88 Å². The number of nitrogens with zero attached hydrogens (tertiary/aromatic N) is 1. The van der Waals surface area contributed by atoms with Gasteiger partial charge in [-0.25, -0.2) is 9.78 Å². The first-order valence-electron chi connectivity index (χ1n) is 6.96. The molecule has 0 amide bonds. The van der Waals surface area contributed by atoms with Crippen molar-refractivity contribution in [1.82, 2.24) is 9.97 Å². The van der Waals surface area contributed by atoms with Crippen LogP contribution < -0.4 is 5.32 Å². The second-order valence-electron chi connectivity index (χ2n) is 5.04. The highest BCUT2D eigenvalue weighted by molar-refractivity contribution is 7.17. The normalized spacial score (nSPS) is 11.8. The number of rotatable bonds is 5. The molecule has 126 valence electrons. The molecule has 0 aliphatic rings. The molecule has 2 heterocycles. The SMILES string of the molecule is O=C(O)c1sc(NCCc2c[nH]c3ccccc23)nc1C(F)(F)F. The van der Waals surface area contributed by atoms with E-state index >= 15 is 0 Å². The van der Waals surface area contributed by atoms with Crippen molar-refractivity contribution in [3.8, 4) is 0 Å². The smallest absolute Gasteiger partial charge is 0.435 e. The van der Waals surface area contributed by atoms with E-state index in [-0.39, 0.29) is 5.13 Å². The molecule has 9 heteroatoms. The number of aromatic nitrogens is 2. The lowest BCUT2D eigenvalue weighted by molar-refractivity contribution is -0.141. The fourth-order valence-electron chi connectivity index (χ4n) is 2.38. The molecular weight excluding hydrogens is 343 g/mol. The maximum absolute atomic E-state index is 12.8. The molecule has 0 saturated carbocycles. The van der Waals surface area contributed by atoms with Gasteiger partial charge in [0, 0.05) is 23.6 Å². The van der Waals surface area contributed by atoms with Crippen molar-refractivity contribution in [3.05, 3.63) is 46.6 Å². The topological polar surface area (TPSA) is 78.0 Å². The number of aromatic carboxylic acids is 1. The minimum Gasteiger partial charge on any atom is -0.477 e. The van der Waals surface area contributed by atoms with Gasteiger partial charge in [-0.15, -0.1) is 0 Å². The Kier molecular flexibility index (Phi) is 4.18. The summed E-state index contributed by atoms with van der Waals surface area (Å²) in [5, 5.41) is 12.6. The van der Waals surface area contributed by atoms with E-state index in [2.05, 4.69) is 15.3 Å². The zero-order valence-electron chi connectivity index (χ0n) is 12.1. The lowest BCUT2D eigenvalue weighted by atomic mass is 10.1. The van der Waals surface area contributed by atoms with E-state index in [4.69, 9.17) is 5.11 Å². The van der Waals surface area contributed by atoms with E-state index in [1.807, 2.05) is 30.5 Å². The molecule has 0 saturated heterocycles. The zero-order valence-corrected chi connectivity index (χ0v) is 13.0. The third-order valence-electron chi connectivity index (χ3n) is 3.44. The van der Waals surface area contributed by atoms with Gasteiger partial charge in [-0.1, -0.05) is 29.5 Å². The van der Waals surface area contributed by atoms with Crippen molar-refractivity contribution in [2.45, 2.75) is 12.6 Å². The van der Waals surface area contributed by atoms with Gasteiger partial charge in [-0.05, 0) is 18.1 Å². The highest BCUT2D eigenvalue weighted by atomic mass is 32.1. The molecular formula is C15H12F3N3O2S. The first-order valence-corrected chi connectivity index (χ1v) is 7.78. The third kappa shape index (κ3) is 3.21. The van der Waals surface area contributed by atoms with Gasteiger partial charge in [0.05, 0.1) is 0 Å². The molecule has 0 bridgehead atoms. The standard InChI is InChI=1S/C15H12F3N3O2S/c16-15(17,18)12-11(13(22)23)24-14(21-12)19-6-5-8-7-20-10-4-2-1-3-9(8)10/h1-4,7,20H,5-6H2,(H,19,21)(H,22,23). The minimum atomic E-state index is -4.79. The number of nitrogens with one attached hydrogen (secondary N) is 2. The Balaban J connectivity index is 1.72. The molecule has 0 aliphatic heterocycles. The van der Waals surface area contributed by atoms with Crippen LogP contribution in [0.2, 0.25) is 0 Å². The molecule has 0 unspecified atom stereocenters. The van der Waals surface area contributed by atoms with Crippen molar-refractivity contribution in [2.24, 2.45) is 0 Å². The van der Waals surface area contributed by atoms with E-state index in [1.54, 1.807) is 0 Å². The monoisotopic (exact) mass is 355 g/mol. The van der Waals surface area contributed by atoms with Gasteiger partial charge in [0.2, 0.25) is 0 Å². The fraction of sp³-hybridized carbons (Fsp3) is 0.200. The van der Waals surface area contributed by atoms with Crippen LogP contribution in [0.3, 0.4) is 0 Å². The molecule has 0 radical (unpaired) electrons. The first kappa shape index (κ1) is 16.3. The van der Waals surface area contributed by atoms with Crippen LogP contribution in [0, 0.1) is 0 Å². The quantitative estimate of drug-likeness (QED) is 0.647. The summed E-state index contributed by atoms with van der Waals surface area (Å²) < 4.78 is 38.4. The van der Waals surface area contributed by atoms with Crippen LogP contribution in [0.4, 0.5) is 18.3 Å². The Morgan fingerprint density at radius 2 is 2.08 bits per heavy atom. The number of hydrogen-bond donors (Lipinski definition) is 3. The number of aromatic amines is 1. The highest BCUT2D eigenvalue weighted by Gasteiger charge is 2.39. The van der Waals surface area contributed by atoms with E-state index in [9.17, 15) is 18.0 Å². The molecule has 5 nitrogen and oxygen atoms in total.